The molecule has 0 aromatic heterocycles. The van der Waals surface area contributed by atoms with E-state index in [2.05, 4.69) is 15.6 Å². The molecular weight excluding hydrogens is 449 g/mol. The van der Waals surface area contributed by atoms with Crippen LogP contribution in [0.2, 0.25) is 0 Å². The lowest BCUT2D eigenvalue weighted by molar-refractivity contribution is -0.150. The molecule has 3 aliphatic heterocycles. The van der Waals surface area contributed by atoms with Crippen molar-refractivity contribution in [2.75, 3.05) is 36.4 Å². The molecule has 1 saturated heterocycles. The van der Waals surface area contributed by atoms with Crippen LogP contribution in [0.4, 0.5) is 24.5 Å². The predicted octanol–water partition coefficient (Wildman–Crippen LogP) is 3.07. The second-order valence-corrected chi connectivity index (χ2v) is 8.63. The third-order valence-electron chi connectivity index (χ3n) is 6.00. The number of benzene rings is 1. The molecule has 1 unspecified atom stereocenters. The summed E-state index contributed by atoms with van der Waals surface area (Å²) in [6.45, 7) is 3.74. The van der Waals surface area contributed by atoms with Crippen molar-refractivity contribution < 1.29 is 22.7 Å². The first kappa shape index (κ1) is 23.8. The lowest BCUT2D eigenvalue weighted by Crippen LogP contribution is -2.54. The Kier molecular flexibility index (Phi) is 6.65. The first-order valence-electron chi connectivity index (χ1n) is 11.1. The zero-order valence-electron chi connectivity index (χ0n) is 18.9. The Hall–Kier alpha value is -3.34. The number of piperazine rings is 1. The first-order chi connectivity index (χ1) is 16.1. The number of hydrogen-bond donors (Lipinski definition) is 3. The van der Waals surface area contributed by atoms with Crippen molar-refractivity contribution in [1.29, 1.82) is 5.41 Å². The first-order valence-corrected chi connectivity index (χ1v) is 11.1. The molecule has 0 radical (unpaired) electrons. The fourth-order valence-corrected chi connectivity index (χ4v) is 4.40. The number of fused-ring (bicyclic) bond motifs is 1. The minimum Gasteiger partial charge on any atom is -0.490 e. The summed E-state index contributed by atoms with van der Waals surface area (Å²) in [7, 11) is 0. The van der Waals surface area contributed by atoms with Crippen LogP contribution in [0.25, 0.3) is 0 Å². The van der Waals surface area contributed by atoms with Gasteiger partial charge in [-0.15, -0.1) is 0 Å². The van der Waals surface area contributed by atoms with Crippen molar-refractivity contribution >= 4 is 29.7 Å². The van der Waals surface area contributed by atoms with Crippen LogP contribution in [0, 0.1) is 5.41 Å². The predicted molar refractivity (Wildman–Crippen MR) is 125 cm³/mol. The Morgan fingerprint density at radius 1 is 1.35 bits per heavy atom. The molecule has 1 aromatic carbocycles. The van der Waals surface area contributed by atoms with E-state index in [1.165, 1.54) is 11.1 Å². The molecule has 3 heterocycles. The molecule has 3 N–H and O–H groups in total. The molecule has 0 saturated carbocycles. The molecule has 8 nitrogen and oxygen atoms in total. The van der Waals surface area contributed by atoms with Crippen LogP contribution in [0.3, 0.4) is 0 Å². The Morgan fingerprint density at radius 3 is 2.79 bits per heavy atom. The van der Waals surface area contributed by atoms with E-state index in [1.807, 2.05) is 24.0 Å². The maximum Gasteiger partial charge on any atom is 0.401 e. The lowest BCUT2D eigenvalue weighted by Gasteiger charge is -2.41. The van der Waals surface area contributed by atoms with Crippen molar-refractivity contribution in [3.8, 4) is 5.75 Å². The number of allylic oxidation sites excluding steroid dienone is 1. The van der Waals surface area contributed by atoms with Gasteiger partial charge in [0, 0.05) is 62.4 Å². The Balaban J connectivity index is 1.61. The largest absolute Gasteiger partial charge is 0.490 e. The van der Waals surface area contributed by atoms with Gasteiger partial charge in [-0.2, -0.15) is 13.2 Å². The van der Waals surface area contributed by atoms with Crippen LogP contribution in [0.5, 0.6) is 5.75 Å². The molecule has 3 aliphatic rings. The molecule has 182 valence electrons. The summed E-state index contributed by atoms with van der Waals surface area (Å²) in [6, 6.07) is 3.36. The summed E-state index contributed by atoms with van der Waals surface area (Å²) >= 11 is 0. The van der Waals surface area contributed by atoms with Crippen molar-refractivity contribution in [3.63, 3.8) is 0 Å². The summed E-state index contributed by atoms with van der Waals surface area (Å²) in [5.41, 5.74) is 2.19. The molecule has 11 heteroatoms. The van der Waals surface area contributed by atoms with Crippen molar-refractivity contribution in [1.82, 2.24) is 10.2 Å². The number of carbonyl (C=O) groups is 1. The Morgan fingerprint density at radius 2 is 2.15 bits per heavy atom. The van der Waals surface area contributed by atoms with Gasteiger partial charge in [0.05, 0.1) is 23.5 Å². The molecule has 1 amide bonds. The third-order valence-corrected chi connectivity index (χ3v) is 6.00. The summed E-state index contributed by atoms with van der Waals surface area (Å²) < 4.78 is 44.7. The van der Waals surface area contributed by atoms with Crippen LogP contribution < -0.4 is 20.3 Å². The molecule has 34 heavy (non-hydrogen) atoms. The molecular formula is C23H27F3N6O2. The zero-order chi connectivity index (χ0) is 24.5. The molecule has 0 spiro atoms. The van der Waals surface area contributed by atoms with Crippen molar-refractivity contribution in [2.24, 2.45) is 4.99 Å². The molecule has 1 fully saturated rings. The van der Waals surface area contributed by atoms with E-state index >= 15 is 0 Å². The third kappa shape index (κ3) is 5.24. The number of ether oxygens (including phenoxy) is 1. The lowest BCUT2D eigenvalue weighted by atomic mass is 10.1. The molecule has 1 aromatic rings. The van der Waals surface area contributed by atoms with Gasteiger partial charge in [-0.05, 0) is 26.0 Å². The van der Waals surface area contributed by atoms with Gasteiger partial charge in [0.2, 0.25) is 0 Å². The van der Waals surface area contributed by atoms with E-state index in [9.17, 15) is 18.0 Å². The molecule has 2 atom stereocenters. The zero-order valence-corrected chi connectivity index (χ0v) is 18.9. The van der Waals surface area contributed by atoms with Gasteiger partial charge in [-0.1, -0.05) is 0 Å². The number of hydrogen-bond acceptors (Lipinski definition) is 7. The average molecular weight is 477 g/mol. The number of alkyl halides is 3. The fourth-order valence-electron chi connectivity index (χ4n) is 4.40. The quantitative estimate of drug-likeness (QED) is 0.449. The fraction of sp³-hybridized carbons (Fsp3) is 0.435. The summed E-state index contributed by atoms with van der Waals surface area (Å²) in [5.74, 6) is 0.450. The molecule has 0 bridgehead atoms. The van der Waals surface area contributed by atoms with Crippen LogP contribution in [-0.4, -0.2) is 67.7 Å². The number of nitrogens with zero attached hydrogens (tertiary/aromatic N) is 3. The van der Waals surface area contributed by atoms with E-state index in [0.717, 1.165) is 11.8 Å². The van der Waals surface area contributed by atoms with Crippen LogP contribution >= 0.6 is 0 Å². The maximum atomic E-state index is 13.1. The summed E-state index contributed by atoms with van der Waals surface area (Å²) in [6.07, 6.45) is 2.15. The second kappa shape index (κ2) is 9.49. The van der Waals surface area contributed by atoms with Crippen LogP contribution in [0.15, 0.2) is 40.8 Å². The highest BCUT2D eigenvalue weighted by Crippen LogP contribution is 2.39. The van der Waals surface area contributed by atoms with Gasteiger partial charge in [-0.25, -0.2) is 4.99 Å². The van der Waals surface area contributed by atoms with Crippen LogP contribution in [0.1, 0.15) is 19.4 Å². The Bertz CT molecular complexity index is 1070. The number of nitrogens with one attached hydrogen (secondary N) is 3. The number of halogens is 3. The smallest absolute Gasteiger partial charge is 0.401 e. The highest BCUT2D eigenvalue weighted by atomic mass is 19.4. The summed E-state index contributed by atoms with van der Waals surface area (Å²) in [5, 5.41) is 13.4. The standard InChI is InChI=1S/C23H27F3N6O2/c1-14-12-31(6-7-32(14)13-23(24,25)26)19-10-20-16(8-15(2)34-20)9-18(19)30-22(33)17(11-27)21-28-4-3-5-29-21/h3-5,9-11,14-15,27-28H,6-8,12-13H2,1-2H3,(H,30,33)/b21-17-,27-11?/t14-,15?/m0/s1. The van der Waals surface area contributed by atoms with E-state index in [1.54, 1.807) is 19.2 Å². The van der Waals surface area contributed by atoms with Gasteiger partial charge in [0.1, 0.15) is 17.7 Å². The number of carbonyl (C=O) groups excluding carboxylic acids is 1. The topological polar surface area (TPSA) is 93.0 Å². The number of rotatable bonds is 5. The van der Waals surface area contributed by atoms with Gasteiger partial charge in [0.15, 0.2) is 0 Å². The molecule has 0 aliphatic carbocycles. The van der Waals surface area contributed by atoms with Crippen LogP contribution in [-0.2, 0) is 11.2 Å². The van der Waals surface area contributed by atoms with Gasteiger partial charge < -0.3 is 25.7 Å². The van der Waals surface area contributed by atoms with E-state index in [0.29, 0.717) is 36.6 Å². The molecule has 4 rings (SSSR count). The number of aliphatic imine (C=N–C) groups is 1. The van der Waals surface area contributed by atoms with Gasteiger partial charge in [0.25, 0.3) is 5.91 Å². The van der Waals surface area contributed by atoms with Gasteiger partial charge in [-0.3, -0.25) is 9.69 Å². The van der Waals surface area contributed by atoms with E-state index in [4.69, 9.17) is 10.1 Å². The highest BCUT2D eigenvalue weighted by molar-refractivity contribution is 6.18. The monoisotopic (exact) mass is 476 g/mol. The van der Waals surface area contributed by atoms with Gasteiger partial charge >= 0.3 is 6.18 Å². The SMILES string of the molecule is CC1Cc2cc(NC(=O)/C(C=N)=C3\N=CC=CN3)c(N3CCN(CC(F)(F)F)[C@@H](C)C3)cc2O1. The minimum absolute atomic E-state index is 0.0109. The van der Waals surface area contributed by atoms with Crippen molar-refractivity contribution in [2.45, 2.75) is 38.6 Å². The summed E-state index contributed by atoms with van der Waals surface area (Å²) in [4.78, 5) is 20.6. The van der Waals surface area contributed by atoms with E-state index in [-0.39, 0.29) is 30.1 Å². The average Bonchev–Trinajstić information content (AvgIpc) is 3.14. The normalized spacial score (nSPS) is 23.7. The Labute approximate surface area is 195 Å². The maximum absolute atomic E-state index is 13.1. The second-order valence-electron chi connectivity index (χ2n) is 8.63. The highest BCUT2D eigenvalue weighted by Gasteiger charge is 2.36. The number of anilines is 2. The number of amides is 1. The van der Waals surface area contributed by atoms with Crippen molar-refractivity contribution in [3.05, 3.63) is 41.4 Å². The van der Waals surface area contributed by atoms with E-state index < -0.39 is 18.6 Å². The minimum atomic E-state index is -4.26.